The molecular formula is C16H18Cl2O2. The molecule has 2 nitrogen and oxygen atoms in total. The van der Waals surface area contributed by atoms with E-state index in [2.05, 4.69) is 0 Å². The fourth-order valence-corrected chi connectivity index (χ4v) is 4.24. The van der Waals surface area contributed by atoms with Crippen molar-refractivity contribution in [1.82, 2.24) is 0 Å². The van der Waals surface area contributed by atoms with Crippen LogP contribution in [0.1, 0.15) is 48.0 Å². The molecule has 0 bridgehead atoms. The maximum atomic E-state index is 12.8. The van der Waals surface area contributed by atoms with Gasteiger partial charge in [0.2, 0.25) is 0 Å². The molecule has 0 aliphatic heterocycles. The SMILES string of the molecule is COc1cc2c(c(Cl)c1Cl)C(=O)C(C1CCCC1)CC2. The summed E-state index contributed by atoms with van der Waals surface area (Å²) in [6, 6.07) is 1.87. The Balaban J connectivity index is 2.00. The second-order valence-corrected chi connectivity index (χ2v) is 6.55. The Morgan fingerprint density at radius 1 is 1.15 bits per heavy atom. The molecule has 3 rings (SSSR count). The van der Waals surface area contributed by atoms with Gasteiger partial charge in [-0.25, -0.2) is 0 Å². The lowest BCUT2D eigenvalue weighted by Crippen LogP contribution is -2.28. The molecule has 1 unspecified atom stereocenters. The van der Waals surface area contributed by atoms with Gasteiger partial charge in [0.1, 0.15) is 10.8 Å². The number of benzene rings is 1. The van der Waals surface area contributed by atoms with Gasteiger partial charge in [0.25, 0.3) is 0 Å². The van der Waals surface area contributed by atoms with Gasteiger partial charge < -0.3 is 4.74 Å². The molecule has 4 heteroatoms. The lowest BCUT2D eigenvalue weighted by Gasteiger charge is -2.29. The molecule has 0 heterocycles. The minimum atomic E-state index is 0.131. The quantitative estimate of drug-likeness (QED) is 0.773. The van der Waals surface area contributed by atoms with Crippen molar-refractivity contribution < 1.29 is 9.53 Å². The number of carbonyl (C=O) groups is 1. The van der Waals surface area contributed by atoms with E-state index in [-0.39, 0.29) is 11.7 Å². The molecule has 20 heavy (non-hydrogen) atoms. The first-order valence-electron chi connectivity index (χ1n) is 7.22. The molecule has 0 spiro atoms. The zero-order valence-corrected chi connectivity index (χ0v) is 13.1. The minimum Gasteiger partial charge on any atom is -0.495 e. The smallest absolute Gasteiger partial charge is 0.168 e. The number of halogens is 2. The van der Waals surface area contributed by atoms with Crippen molar-refractivity contribution in [2.45, 2.75) is 38.5 Å². The van der Waals surface area contributed by atoms with Crippen LogP contribution in [0.15, 0.2) is 6.07 Å². The normalized spacial score (nSPS) is 22.9. The molecule has 2 aliphatic rings. The highest BCUT2D eigenvalue weighted by Crippen LogP contribution is 2.44. The third kappa shape index (κ3) is 2.23. The van der Waals surface area contributed by atoms with Gasteiger partial charge in [-0.15, -0.1) is 0 Å². The number of hydrogen-bond acceptors (Lipinski definition) is 2. The second-order valence-electron chi connectivity index (χ2n) is 5.79. The fraction of sp³-hybridized carbons (Fsp3) is 0.562. The summed E-state index contributed by atoms with van der Waals surface area (Å²) in [6.45, 7) is 0. The van der Waals surface area contributed by atoms with Crippen LogP contribution in [-0.4, -0.2) is 12.9 Å². The van der Waals surface area contributed by atoms with Crippen molar-refractivity contribution in [2.75, 3.05) is 7.11 Å². The number of aryl methyl sites for hydroxylation is 1. The summed E-state index contributed by atoms with van der Waals surface area (Å²) >= 11 is 12.5. The third-order valence-electron chi connectivity index (χ3n) is 4.75. The Morgan fingerprint density at radius 2 is 1.85 bits per heavy atom. The number of hydrogen-bond donors (Lipinski definition) is 0. The van der Waals surface area contributed by atoms with E-state index >= 15 is 0 Å². The summed E-state index contributed by atoms with van der Waals surface area (Å²) in [4.78, 5) is 12.8. The van der Waals surface area contributed by atoms with Crippen molar-refractivity contribution in [3.05, 3.63) is 27.2 Å². The molecule has 0 radical (unpaired) electrons. The van der Waals surface area contributed by atoms with Crippen LogP contribution in [0.3, 0.4) is 0 Å². The Labute approximate surface area is 129 Å². The molecule has 1 fully saturated rings. The van der Waals surface area contributed by atoms with Crippen LogP contribution in [0.2, 0.25) is 10.0 Å². The van der Waals surface area contributed by atoms with Gasteiger partial charge in [-0.1, -0.05) is 36.0 Å². The van der Waals surface area contributed by atoms with E-state index in [4.69, 9.17) is 27.9 Å². The van der Waals surface area contributed by atoms with Gasteiger partial charge in [-0.3, -0.25) is 4.79 Å². The zero-order valence-electron chi connectivity index (χ0n) is 11.5. The first-order valence-corrected chi connectivity index (χ1v) is 7.98. The predicted molar refractivity (Wildman–Crippen MR) is 81.1 cm³/mol. The molecule has 0 aromatic heterocycles. The van der Waals surface area contributed by atoms with Gasteiger partial charge >= 0.3 is 0 Å². The van der Waals surface area contributed by atoms with Crippen LogP contribution in [-0.2, 0) is 6.42 Å². The standard InChI is InChI=1S/C16H18Cl2O2/c1-20-12-8-10-6-7-11(9-4-2-3-5-9)16(19)13(10)15(18)14(12)17/h8-9,11H,2-7H2,1H3. The van der Waals surface area contributed by atoms with Crippen LogP contribution in [0.4, 0.5) is 0 Å². The highest BCUT2D eigenvalue weighted by Gasteiger charge is 2.37. The molecule has 1 saturated carbocycles. The summed E-state index contributed by atoms with van der Waals surface area (Å²) in [7, 11) is 1.57. The highest BCUT2D eigenvalue weighted by atomic mass is 35.5. The van der Waals surface area contributed by atoms with E-state index in [1.54, 1.807) is 7.11 Å². The lowest BCUT2D eigenvalue weighted by molar-refractivity contribution is 0.0850. The molecule has 0 amide bonds. The summed E-state index contributed by atoms with van der Waals surface area (Å²) in [5.74, 6) is 1.41. The van der Waals surface area contributed by atoms with Gasteiger partial charge in [0.05, 0.1) is 12.1 Å². The van der Waals surface area contributed by atoms with E-state index in [9.17, 15) is 4.79 Å². The predicted octanol–water partition coefficient (Wildman–Crippen LogP) is 4.94. The number of rotatable bonds is 2. The number of ketones is 1. The van der Waals surface area contributed by atoms with Gasteiger partial charge in [0.15, 0.2) is 5.78 Å². The number of ether oxygens (including phenoxy) is 1. The monoisotopic (exact) mass is 312 g/mol. The first-order chi connectivity index (χ1) is 9.63. The molecular weight excluding hydrogens is 295 g/mol. The average molecular weight is 313 g/mol. The van der Waals surface area contributed by atoms with Crippen LogP contribution in [0.5, 0.6) is 5.75 Å². The molecule has 1 atom stereocenters. The number of Topliss-reactive ketones (excluding diaryl/α,β-unsaturated/α-hetero) is 1. The Bertz CT molecular complexity index is 548. The van der Waals surface area contributed by atoms with Crippen LogP contribution in [0, 0.1) is 11.8 Å². The number of carbonyl (C=O) groups excluding carboxylic acids is 1. The maximum Gasteiger partial charge on any atom is 0.168 e. The third-order valence-corrected chi connectivity index (χ3v) is 5.60. The number of methoxy groups -OCH3 is 1. The van der Waals surface area contributed by atoms with Crippen molar-refractivity contribution in [3.8, 4) is 5.75 Å². The van der Waals surface area contributed by atoms with Crippen molar-refractivity contribution in [2.24, 2.45) is 11.8 Å². The van der Waals surface area contributed by atoms with Crippen LogP contribution < -0.4 is 4.74 Å². The van der Waals surface area contributed by atoms with Crippen molar-refractivity contribution in [1.29, 1.82) is 0 Å². The van der Waals surface area contributed by atoms with E-state index in [1.807, 2.05) is 6.07 Å². The average Bonchev–Trinajstić information content (AvgIpc) is 2.96. The Morgan fingerprint density at radius 3 is 2.50 bits per heavy atom. The van der Waals surface area contributed by atoms with E-state index < -0.39 is 0 Å². The van der Waals surface area contributed by atoms with Crippen molar-refractivity contribution in [3.63, 3.8) is 0 Å². The summed E-state index contributed by atoms with van der Waals surface area (Å²) < 4.78 is 5.23. The summed E-state index contributed by atoms with van der Waals surface area (Å²) in [6.07, 6.45) is 6.66. The van der Waals surface area contributed by atoms with Crippen LogP contribution >= 0.6 is 23.2 Å². The van der Waals surface area contributed by atoms with E-state index in [1.165, 1.54) is 25.7 Å². The lowest BCUT2D eigenvalue weighted by atomic mass is 9.75. The molecule has 108 valence electrons. The van der Waals surface area contributed by atoms with E-state index in [0.717, 1.165) is 18.4 Å². The topological polar surface area (TPSA) is 26.3 Å². The maximum absolute atomic E-state index is 12.8. The first kappa shape index (κ1) is 14.2. The largest absolute Gasteiger partial charge is 0.495 e. The molecule has 0 N–H and O–H groups in total. The molecule has 2 aliphatic carbocycles. The Hall–Kier alpha value is -0.730. The fourth-order valence-electron chi connectivity index (χ4n) is 3.70. The van der Waals surface area contributed by atoms with Gasteiger partial charge in [0, 0.05) is 11.5 Å². The number of fused-ring (bicyclic) bond motifs is 1. The summed E-state index contributed by atoms with van der Waals surface area (Å²) in [5, 5.41) is 0.724. The van der Waals surface area contributed by atoms with Crippen molar-refractivity contribution >= 4 is 29.0 Å². The second kappa shape index (κ2) is 5.57. The van der Waals surface area contributed by atoms with Crippen LogP contribution in [0.25, 0.3) is 0 Å². The van der Waals surface area contributed by atoms with E-state index in [0.29, 0.717) is 27.3 Å². The molecule has 0 saturated heterocycles. The van der Waals surface area contributed by atoms with Gasteiger partial charge in [-0.2, -0.15) is 0 Å². The minimum absolute atomic E-state index is 0.131. The molecule has 1 aromatic rings. The van der Waals surface area contributed by atoms with Gasteiger partial charge in [-0.05, 0) is 43.2 Å². The highest BCUT2D eigenvalue weighted by molar-refractivity contribution is 6.45. The zero-order chi connectivity index (χ0) is 14.3. The summed E-state index contributed by atoms with van der Waals surface area (Å²) in [5.41, 5.74) is 1.62. The Kier molecular flexibility index (Phi) is 3.96. The molecule has 1 aromatic carbocycles.